The Labute approximate surface area is 93.6 Å². The fraction of sp³-hybridized carbons (Fsp3) is 0.778. The number of nitrogens with zero attached hydrogens (tertiary/aromatic N) is 3. The number of rotatable bonds is 3. The molecule has 1 fully saturated rings. The van der Waals surface area contributed by atoms with Crippen molar-refractivity contribution in [3.05, 3.63) is 5.82 Å². The molecule has 1 aliphatic heterocycles. The first kappa shape index (κ1) is 10.8. The maximum absolute atomic E-state index is 5.64. The van der Waals surface area contributed by atoms with E-state index in [2.05, 4.69) is 26.6 Å². The maximum atomic E-state index is 5.64. The highest BCUT2D eigenvalue weighted by molar-refractivity contribution is 7.09. The maximum Gasteiger partial charge on any atom is 0.202 e. The van der Waals surface area contributed by atoms with Gasteiger partial charge < -0.3 is 15.0 Å². The van der Waals surface area contributed by atoms with Gasteiger partial charge in [0.15, 0.2) is 5.82 Å². The Bertz CT molecular complexity index is 317. The van der Waals surface area contributed by atoms with Crippen LogP contribution < -0.4 is 5.32 Å². The zero-order valence-corrected chi connectivity index (χ0v) is 9.88. The molecule has 0 saturated carbocycles. The van der Waals surface area contributed by atoms with Crippen LogP contribution in [0.1, 0.15) is 18.9 Å². The summed E-state index contributed by atoms with van der Waals surface area (Å²) in [4.78, 5) is 6.64. The third-order valence-electron chi connectivity index (χ3n) is 2.33. The molecule has 84 valence electrons. The molecule has 2 heterocycles. The molecule has 1 unspecified atom stereocenters. The van der Waals surface area contributed by atoms with E-state index in [0.717, 1.165) is 37.2 Å². The molecule has 6 heteroatoms. The SMILES string of the molecule is CCNc1nc(C2CN(C)CCO2)ns1. The van der Waals surface area contributed by atoms with Gasteiger partial charge in [0.2, 0.25) is 5.13 Å². The summed E-state index contributed by atoms with van der Waals surface area (Å²) >= 11 is 1.40. The summed E-state index contributed by atoms with van der Waals surface area (Å²) in [6, 6.07) is 0. The van der Waals surface area contributed by atoms with E-state index >= 15 is 0 Å². The quantitative estimate of drug-likeness (QED) is 0.835. The second kappa shape index (κ2) is 4.87. The predicted octanol–water partition coefficient (Wildman–Crippen LogP) is 0.973. The Morgan fingerprint density at radius 2 is 2.53 bits per heavy atom. The molecule has 1 atom stereocenters. The van der Waals surface area contributed by atoms with Crippen molar-refractivity contribution in [1.82, 2.24) is 14.3 Å². The topological polar surface area (TPSA) is 50.3 Å². The van der Waals surface area contributed by atoms with Gasteiger partial charge in [0.1, 0.15) is 6.10 Å². The van der Waals surface area contributed by atoms with E-state index in [-0.39, 0.29) is 6.10 Å². The second-order valence-corrected chi connectivity index (χ2v) is 4.36. The number of anilines is 1. The molecule has 1 N–H and O–H groups in total. The average molecular weight is 228 g/mol. The molecule has 0 amide bonds. The minimum atomic E-state index is 0.0346. The molecule has 1 aromatic heterocycles. The van der Waals surface area contributed by atoms with Crippen molar-refractivity contribution in [1.29, 1.82) is 0 Å². The van der Waals surface area contributed by atoms with Crippen molar-refractivity contribution in [2.75, 3.05) is 38.6 Å². The number of ether oxygens (including phenoxy) is 1. The number of hydrogen-bond acceptors (Lipinski definition) is 6. The van der Waals surface area contributed by atoms with Crippen molar-refractivity contribution in [2.24, 2.45) is 0 Å². The molecule has 1 aliphatic rings. The summed E-state index contributed by atoms with van der Waals surface area (Å²) in [7, 11) is 2.09. The molecule has 1 aromatic rings. The molecule has 0 aromatic carbocycles. The largest absolute Gasteiger partial charge is 0.367 e. The molecular formula is C9H16N4OS. The first-order valence-corrected chi connectivity index (χ1v) is 5.94. The minimum absolute atomic E-state index is 0.0346. The Morgan fingerprint density at radius 3 is 3.27 bits per heavy atom. The van der Waals surface area contributed by atoms with Crippen LogP contribution >= 0.6 is 11.5 Å². The smallest absolute Gasteiger partial charge is 0.202 e. The van der Waals surface area contributed by atoms with Gasteiger partial charge in [-0.25, -0.2) is 4.98 Å². The van der Waals surface area contributed by atoms with Crippen molar-refractivity contribution in [2.45, 2.75) is 13.0 Å². The number of morpholine rings is 1. The van der Waals surface area contributed by atoms with E-state index in [1.54, 1.807) is 0 Å². The standard InChI is InChI=1S/C9H16N4OS/c1-3-10-9-11-8(12-15-9)7-6-13(2)4-5-14-7/h7H,3-6H2,1-2H3,(H,10,11,12). The van der Waals surface area contributed by atoms with Crippen LogP contribution in [0.4, 0.5) is 5.13 Å². The summed E-state index contributed by atoms with van der Waals surface area (Å²) in [6.07, 6.45) is 0.0346. The van der Waals surface area contributed by atoms with Gasteiger partial charge in [-0.15, -0.1) is 0 Å². The zero-order chi connectivity index (χ0) is 10.7. The molecule has 2 rings (SSSR count). The van der Waals surface area contributed by atoms with Crippen LogP contribution in [0.5, 0.6) is 0 Å². The zero-order valence-electron chi connectivity index (χ0n) is 9.06. The van der Waals surface area contributed by atoms with Crippen molar-refractivity contribution in [3.63, 3.8) is 0 Å². The van der Waals surface area contributed by atoms with Crippen molar-refractivity contribution >= 4 is 16.7 Å². The Morgan fingerprint density at radius 1 is 1.67 bits per heavy atom. The minimum Gasteiger partial charge on any atom is -0.367 e. The van der Waals surface area contributed by atoms with Crippen molar-refractivity contribution < 1.29 is 4.74 Å². The van der Waals surface area contributed by atoms with E-state index in [4.69, 9.17) is 4.74 Å². The summed E-state index contributed by atoms with van der Waals surface area (Å²) in [6.45, 7) is 5.55. The normalized spacial score (nSPS) is 22.9. The molecule has 5 nitrogen and oxygen atoms in total. The highest BCUT2D eigenvalue weighted by Gasteiger charge is 2.23. The number of likely N-dealkylation sites (N-methyl/N-ethyl adjacent to an activating group) is 1. The lowest BCUT2D eigenvalue weighted by Gasteiger charge is -2.28. The highest BCUT2D eigenvalue weighted by atomic mass is 32.1. The fourth-order valence-electron chi connectivity index (χ4n) is 1.52. The van der Waals surface area contributed by atoms with Crippen LogP contribution in [0, 0.1) is 0 Å². The monoisotopic (exact) mass is 228 g/mol. The van der Waals surface area contributed by atoms with Crippen LogP contribution in [0.3, 0.4) is 0 Å². The third kappa shape index (κ3) is 2.64. The van der Waals surface area contributed by atoms with Gasteiger partial charge in [0, 0.05) is 31.2 Å². The van der Waals surface area contributed by atoms with E-state index < -0.39 is 0 Å². The Hall–Kier alpha value is -0.720. The molecular weight excluding hydrogens is 212 g/mol. The molecule has 0 bridgehead atoms. The summed E-state index contributed by atoms with van der Waals surface area (Å²) in [5, 5.41) is 4.03. The average Bonchev–Trinajstić information content (AvgIpc) is 2.67. The van der Waals surface area contributed by atoms with Crippen molar-refractivity contribution in [3.8, 4) is 0 Å². The van der Waals surface area contributed by atoms with Gasteiger partial charge in [-0.3, -0.25) is 0 Å². The van der Waals surface area contributed by atoms with E-state index in [1.165, 1.54) is 11.5 Å². The van der Waals surface area contributed by atoms with Gasteiger partial charge in [-0.2, -0.15) is 4.37 Å². The molecule has 1 saturated heterocycles. The summed E-state index contributed by atoms with van der Waals surface area (Å²) < 4.78 is 9.95. The van der Waals surface area contributed by atoms with E-state index in [0.29, 0.717) is 0 Å². The number of aromatic nitrogens is 2. The molecule has 15 heavy (non-hydrogen) atoms. The molecule has 0 radical (unpaired) electrons. The first-order valence-electron chi connectivity index (χ1n) is 5.17. The summed E-state index contributed by atoms with van der Waals surface area (Å²) in [5.41, 5.74) is 0. The second-order valence-electron chi connectivity index (χ2n) is 3.61. The van der Waals surface area contributed by atoms with E-state index in [1.807, 2.05) is 6.92 Å². The van der Waals surface area contributed by atoms with Gasteiger partial charge in [-0.1, -0.05) is 0 Å². The van der Waals surface area contributed by atoms with Gasteiger partial charge >= 0.3 is 0 Å². The van der Waals surface area contributed by atoms with Crippen LogP contribution in [0.2, 0.25) is 0 Å². The van der Waals surface area contributed by atoms with Crippen LogP contribution in [0.15, 0.2) is 0 Å². The lowest BCUT2D eigenvalue weighted by atomic mass is 10.3. The molecule has 0 aliphatic carbocycles. The lowest BCUT2D eigenvalue weighted by Crippen LogP contribution is -2.35. The Balaban J connectivity index is 2.01. The third-order valence-corrected chi connectivity index (χ3v) is 3.01. The lowest BCUT2D eigenvalue weighted by molar-refractivity contribution is -0.0248. The summed E-state index contributed by atoms with van der Waals surface area (Å²) in [5.74, 6) is 0.808. The number of nitrogens with one attached hydrogen (secondary N) is 1. The highest BCUT2D eigenvalue weighted by Crippen LogP contribution is 2.22. The number of hydrogen-bond donors (Lipinski definition) is 1. The first-order chi connectivity index (χ1) is 7.29. The predicted molar refractivity (Wildman–Crippen MR) is 60.3 cm³/mol. The van der Waals surface area contributed by atoms with Crippen LogP contribution in [-0.4, -0.2) is 47.5 Å². The Kier molecular flexibility index (Phi) is 3.50. The van der Waals surface area contributed by atoms with Gasteiger partial charge in [-0.05, 0) is 14.0 Å². The van der Waals surface area contributed by atoms with Crippen LogP contribution in [0.25, 0.3) is 0 Å². The van der Waals surface area contributed by atoms with Gasteiger partial charge in [0.05, 0.1) is 6.61 Å². The van der Waals surface area contributed by atoms with E-state index in [9.17, 15) is 0 Å². The van der Waals surface area contributed by atoms with Crippen LogP contribution in [-0.2, 0) is 4.74 Å². The molecule has 0 spiro atoms. The fourth-order valence-corrected chi connectivity index (χ4v) is 2.20. The van der Waals surface area contributed by atoms with Gasteiger partial charge in [0.25, 0.3) is 0 Å².